The standard InChI is InChI=1S/C22H22N2O/c1-16-13-18(9-10-21(16)25)20-14-19(17-7-3-2-4-8-17)15-22(23-20)24-11-5-6-12-24/h2-4,7-10,13-15,25H,5-6,11-12H2,1H3. The van der Waals surface area contributed by atoms with Gasteiger partial charge >= 0.3 is 0 Å². The summed E-state index contributed by atoms with van der Waals surface area (Å²) in [5, 5.41) is 9.82. The van der Waals surface area contributed by atoms with Crippen LogP contribution in [0.2, 0.25) is 0 Å². The predicted molar refractivity (Wildman–Crippen MR) is 103 cm³/mol. The Bertz CT molecular complexity index is 884. The van der Waals surface area contributed by atoms with Crippen LogP contribution in [0.5, 0.6) is 5.75 Å². The van der Waals surface area contributed by atoms with E-state index >= 15 is 0 Å². The third-order valence-corrected chi connectivity index (χ3v) is 4.84. The molecule has 1 saturated heterocycles. The van der Waals surface area contributed by atoms with Crippen molar-refractivity contribution in [3.05, 3.63) is 66.2 Å². The average Bonchev–Trinajstić information content (AvgIpc) is 3.19. The molecule has 3 nitrogen and oxygen atoms in total. The molecule has 1 aromatic heterocycles. The third kappa shape index (κ3) is 3.22. The zero-order valence-corrected chi connectivity index (χ0v) is 14.4. The first-order chi connectivity index (χ1) is 12.2. The van der Waals surface area contributed by atoms with Crippen LogP contribution in [0, 0.1) is 6.92 Å². The number of phenolic OH excluding ortho intramolecular Hbond substituents is 1. The highest BCUT2D eigenvalue weighted by molar-refractivity contribution is 5.74. The predicted octanol–water partition coefficient (Wildman–Crippen LogP) is 5.03. The van der Waals surface area contributed by atoms with Crippen molar-refractivity contribution in [2.24, 2.45) is 0 Å². The minimum atomic E-state index is 0.322. The van der Waals surface area contributed by atoms with Gasteiger partial charge in [0.15, 0.2) is 0 Å². The summed E-state index contributed by atoms with van der Waals surface area (Å²) in [5.74, 6) is 1.36. The van der Waals surface area contributed by atoms with Gasteiger partial charge in [-0.15, -0.1) is 0 Å². The molecule has 1 N–H and O–H groups in total. The minimum Gasteiger partial charge on any atom is -0.508 e. The van der Waals surface area contributed by atoms with Crippen LogP contribution in [0.25, 0.3) is 22.4 Å². The fourth-order valence-corrected chi connectivity index (χ4v) is 3.38. The number of pyridine rings is 1. The molecule has 0 spiro atoms. The highest BCUT2D eigenvalue weighted by Crippen LogP contribution is 2.32. The SMILES string of the molecule is Cc1cc(-c2cc(-c3ccccc3)cc(N3CCCC3)n2)ccc1O. The molecular formula is C22H22N2O. The van der Waals surface area contributed by atoms with Gasteiger partial charge in [0.2, 0.25) is 0 Å². The molecule has 1 aliphatic heterocycles. The van der Waals surface area contributed by atoms with Crippen LogP contribution in [0.15, 0.2) is 60.7 Å². The zero-order chi connectivity index (χ0) is 17.2. The quantitative estimate of drug-likeness (QED) is 0.732. The first-order valence-corrected chi connectivity index (χ1v) is 8.83. The molecule has 25 heavy (non-hydrogen) atoms. The number of hydrogen-bond donors (Lipinski definition) is 1. The second kappa shape index (κ2) is 6.60. The Hall–Kier alpha value is -2.81. The van der Waals surface area contributed by atoms with Crippen molar-refractivity contribution in [3.63, 3.8) is 0 Å². The summed E-state index contributed by atoms with van der Waals surface area (Å²) in [5.41, 5.74) is 5.23. The molecule has 3 heteroatoms. The molecule has 2 heterocycles. The van der Waals surface area contributed by atoms with Crippen LogP contribution in [-0.2, 0) is 0 Å². The number of aromatic hydroxyl groups is 1. The molecule has 1 aliphatic rings. The van der Waals surface area contributed by atoms with E-state index in [1.807, 2.05) is 25.1 Å². The molecule has 0 amide bonds. The van der Waals surface area contributed by atoms with E-state index in [4.69, 9.17) is 4.98 Å². The van der Waals surface area contributed by atoms with E-state index < -0.39 is 0 Å². The van der Waals surface area contributed by atoms with Gasteiger partial charge in [0.25, 0.3) is 0 Å². The monoisotopic (exact) mass is 330 g/mol. The van der Waals surface area contributed by atoms with Crippen LogP contribution < -0.4 is 4.90 Å². The lowest BCUT2D eigenvalue weighted by atomic mass is 10.0. The van der Waals surface area contributed by atoms with E-state index in [0.717, 1.165) is 35.7 Å². The van der Waals surface area contributed by atoms with Gasteiger partial charge in [0.1, 0.15) is 11.6 Å². The number of benzene rings is 2. The minimum absolute atomic E-state index is 0.322. The topological polar surface area (TPSA) is 36.4 Å². The van der Waals surface area contributed by atoms with Crippen LogP contribution in [0.3, 0.4) is 0 Å². The lowest BCUT2D eigenvalue weighted by molar-refractivity contribution is 0.471. The van der Waals surface area contributed by atoms with Gasteiger partial charge < -0.3 is 10.0 Å². The molecule has 0 bridgehead atoms. The molecule has 2 aromatic carbocycles. The van der Waals surface area contributed by atoms with Gasteiger partial charge in [-0.3, -0.25) is 0 Å². The van der Waals surface area contributed by atoms with E-state index in [-0.39, 0.29) is 0 Å². The van der Waals surface area contributed by atoms with Crippen LogP contribution >= 0.6 is 0 Å². The first-order valence-electron chi connectivity index (χ1n) is 8.83. The molecule has 1 fully saturated rings. The molecule has 0 atom stereocenters. The van der Waals surface area contributed by atoms with Crippen molar-refractivity contribution in [2.45, 2.75) is 19.8 Å². The smallest absolute Gasteiger partial charge is 0.129 e. The lowest BCUT2D eigenvalue weighted by Crippen LogP contribution is -2.19. The van der Waals surface area contributed by atoms with Crippen molar-refractivity contribution in [3.8, 4) is 28.1 Å². The van der Waals surface area contributed by atoms with Gasteiger partial charge in [0, 0.05) is 18.7 Å². The van der Waals surface area contributed by atoms with Gasteiger partial charge in [-0.25, -0.2) is 4.98 Å². The van der Waals surface area contributed by atoms with E-state index in [1.54, 1.807) is 6.07 Å². The van der Waals surface area contributed by atoms with E-state index in [2.05, 4.69) is 41.3 Å². The average molecular weight is 330 g/mol. The zero-order valence-electron chi connectivity index (χ0n) is 14.4. The highest BCUT2D eigenvalue weighted by atomic mass is 16.3. The van der Waals surface area contributed by atoms with Crippen LogP contribution in [0.4, 0.5) is 5.82 Å². The van der Waals surface area contributed by atoms with E-state index in [9.17, 15) is 5.11 Å². The fraction of sp³-hybridized carbons (Fsp3) is 0.227. The second-order valence-corrected chi connectivity index (χ2v) is 6.66. The number of anilines is 1. The summed E-state index contributed by atoms with van der Waals surface area (Å²) in [6, 6.07) is 20.5. The molecule has 0 radical (unpaired) electrons. The Morgan fingerprint density at radius 1 is 0.840 bits per heavy atom. The lowest BCUT2D eigenvalue weighted by Gasteiger charge is -2.19. The Labute approximate surface area is 148 Å². The maximum Gasteiger partial charge on any atom is 0.129 e. The number of aryl methyl sites for hydroxylation is 1. The van der Waals surface area contributed by atoms with Crippen molar-refractivity contribution < 1.29 is 5.11 Å². The van der Waals surface area contributed by atoms with E-state index in [1.165, 1.54) is 24.0 Å². The Morgan fingerprint density at radius 2 is 1.60 bits per heavy atom. The number of rotatable bonds is 3. The Kier molecular flexibility index (Phi) is 4.14. The Morgan fingerprint density at radius 3 is 2.32 bits per heavy atom. The summed E-state index contributed by atoms with van der Waals surface area (Å²) < 4.78 is 0. The summed E-state index contributed by atoms with van der Waals surface area (Å²) >= 11 is 0. The Balaban J connectivity index is 1.84. The van der Waals surface area contributed by atoms with Crippen molar-refractivity contribution in [1.29, 1.82) is 0 Å². The van der Waals surface area contributed by atoms with E-state index in [0.29, 0.717) is 5.75 Å². The number of nitrogens with zero attached hydrogens (tertiary/aromatic N) is 2. The van der Waals surface area contributed by atoms with Crippen molar-refractivity contribution in [2.75, 3.05) is 18.0 Å². The number of hydrogen-bond acceptors (Lipinski definition) is 3. The van der Waals surface area contributed by atoms with Gasteiger partial charge in [0.05, 0.1) is 5.69 Å². The second-order valence-electron chi connectivity index (χ2n) is 6.66. The summed E-state index contributed by atoms with van der Waals surface area (Å²) in [6.07, 6.45) is 2.45. The van der Waals surface area contributed by atoms with Crippen LogP contribution in [-0.4, -0.2) is 23.2 Å². The maximum absolute atomic E-state index is 9.82. The van der Waals surface area contributed by atoms with Crippen LogP contribution in [0.1, 0.15) is 18.4 Å². The third-order valence-electron chi connectivity index (χ3n) is 4.84. The highest BCUT2D eigenvalue weighted by Gasteiger charge is 2.16. The molecular weight excluding hydrogens is 308 g/mol. The molecule has 0 unspecified atom stereocenters. The fourth-order valence-electron chi connectivity index (χ4n) is 3.38. The molecule has 3 aromatic rings. The normalized spacial score (nSPS) is 14.0. The summed E-state index contributed by atoms with van der Waals surface area (Å²) in [4.78, 5) is 7.29. The maximum atomic E-state index is 9.82. The van der Waals surface area contributed by atoms with Gasteiger partial charge in [-0.2, -0.15) is 0 Å². The largest absolute Gasteiger partial charge is 0.508 e. The first kappa shape index (κ1) is 15.7. The molecule has 0 aliphatic carbocycles. The number of aromatic nitrogens is 1. The molecule has 4 rings (SSSR count). The van der Waals surface area contributed by atoms with Crippen molar-refractivity contribution >= 4 is 5.82 Å². The van der Waals surface area contributed by atoms with Crippen molar-refractivity contribution in [1.82, 2.24) is 4.98 Å². The van der Waals surface area contributed by atoms with Gasteiger partial charge in [-0.1, -0.05) is 30.3 Å². The summed E-state index contributed by atoms with van der Waals surface area (Å²) in [7, 11) is 0. The molecule has 0 saturated carbocycles. The molecule has 126 valence electrons. The van der Waals surface area contributed by atoms with Gasteiger partial charge in [-0.05, 0) is 66.8 Å². The summed E-state index contributed by atoms with van der Waals surface area (Å²) in [6.45, 7) is 4.06. The number of phenols is 1.